The molecule has 0 aliphatic rings. The Labute approximate surface area is 160 Å². The number of methoxy groups -OCH3 is 1. The number of anilines is 1. The average molecular weight is 381 g/mol. The first kappa shape index (κ1) is 17.5. The van der Waals surface area contributed by atoms with E-state index in [1.165, 1.54) is 0 Å². The first-order valence-electron chi connectivity index (χ1n) is 8.63. The fraction of sp³-hybridized carbons (Fsp3) is 0.200. The third kappa shape index (κ3) is 3.65. The lowest BCUT2D eigenvalue weighted by molar-refractivity contribution is 0.0923. The van der Waals surface area contributed by atoms with Crippen LogP contribution >= 0.6 is 11.3 Å². The van der Waals surface area contributed by atoms with Crippen molar-refractivity contribution in [2.24, 2.45) is 0 Å². The van der Waals surface area contributed by atoms with Gasteiger partial charge in [-0.3, -0.25) is 4.79 Å². The number of rotatable bonds is 7. The van der Waals surface area contributed by atoms with Gasteiger partial charge in [-0.15, -0.1) is 0 Å². The molecule has 2 heterocycles. The number of thiazole rings is 1. The van der Waals surface area contributed by atoms with Gasteiger partial charge in [0.15, 0.2) is 10.9 Å². The summed E-state index contributed by atoms with van der Waals surface area (Å²) in [5.74, 6) is 0.0578. The molecule has 0 atom stereocenters. The van der Waals surface area contributed by atoms with Crippen LogP contribution in [0, 0.1) is 0 Å². The highest BCUT2D eigenvalue weighted by Crippen LogP contribution is 2.27. The molecule has 0 aliphatic heterocycles. The predicted octanol–water partition coefficient (Wildman–Crippen LogP) is 4.03. The van der Waals surface area contributed by atoms with Crippen molar-refractivity contribution in [2.75, 3.05) is 25.5 Å². The number of hydrogen-bond donors (Lipinski definition) is 2. The molecule has 0 unspecified atom stereocenters. The van der Waals surface area contributed by atoms with Crippen LogP contribution in [0.2, 0.25) is 0 Å². The van der Waals surface area contributed by atoms with E-state index in [2.05, 4.69) is 15.6 Å². The summed E-state index contributed by atoms with van der Waals surface area (Å²) in [4.78, 5) is 17.1. The fourth-order valence-electron chi connectivity index (χ4n) is 2.94. The SMILES string of the molecule is COCc1c(C(=O)NCCNc2nc3ccccc3s2)oc2ccccc12. The van der Waals surface area contributed by atoms with E-state index in [1.54, 1.807) is 18.4 Å². The number of carbonyl (C=O) groups excluding carboxylic acids is 1. The van der Waals surface area contributed by atoms with Gasteiger partial charge in [-0.2, -0.15) is 0 Å². The number of nitrogens with one attached hydrogen (secondary N) is 2. The molecular formula is C20H19N3O3S. The number of hydrogen-bond acceptors (Lipinski definition) is 6. The van der Waals surface area contributed by atoms with Crippen LogP contribution in [0.1, 0.15) is 16.1 Å². The van der Waals surface area contributed by atoms with Crippen molar-refractivity contribution in [3.63, 3.8) is 0 Å². The number of furan rings is 1. The molecule has 0 aliphatic carbocycles. The Hall–Kier alpha value is -2.90. The third-order valence-electron chi connectivity index (χ3n) is 4.17. The Kier molecular flexibility index (Phi) is 5.04. The molecule has 2 aromatic heterocycles. The molecule has 0 fully saturated rings. The Morgan fingerprint density at radius 1 is 1.15 bits per heavy atom. The summed E-state index contributed by atoms with van der Waals surface area (Å²) in [6, 6.07) is 15.6. The number of carbonyl (C=O) groups is 1. The summed E-state index contributed by atoms with van der Waals surface area (Å²) in [6.45, 7) is 1.35. The van der Waals surface area contributed by atoms with Crippen LogP contribution in [0.4, 0.5) is 5.13 Å². The minimum absolute atomic E-state index is 0.246. The van der Waals surface area contributed by atoms with Gasteiger partial charge in [0.05, 0.1) is 16.8 Å². The first-order valence-corrected chi connectivity index (χ1v) is 9.45. The monoisotopic (exact) mass is 381 g/mol. The van der Waals surface area contributed by atoms with Crippen molar-refractivity contribution in [1.82, 2.24) is 10.3 Å². The molecule has 0 spiro atoms. The van der Waals surface area contributed by atoms with Crippen LogP contribution in [0.25, 0.3) is 21.2 Å². The van der Waals surface area contributed by atoms with E-state index < -0.39 is 0 Å². The molecule has 138 valence electrons. The van der Waals surface area contributed by atoms with E-state index >= 15 is 0 Å². The minimum atomic E-state index is -0.246. The Morgan fingerprint density at radius 3 is 2.81 bits per heavy atom. The van der Waals surface area contributed by atoms with Gasteiger partial charge in [-0.05, 0) is 18.2 Å². The van der Waals surface area contributed by atoms with Crippen molar-refractivity contribution in [3.8, 4) is 0 Å². The average Bonchev–Trinajstić information content (AvgIpc) is 3.27. The standard InChI is InChI=1S/C20H19N3O3S/c1-25-12-14-13-6-2-4-8-16(13)26-18(14)19(24)21-10-11-22-20-23-15-7-3-5-9-17(15)27-20/h2-9H,10-12H2,1H3,(H,21,24)(H,22,23). The van der Waals surface area contributed by atoms with Gasteiger partial charge in [0.1, 0.15) is 5.58 Å². The summed E-state index contributed by atoms with van der Waals surface area (Å²) in [6.07, 6.45) is 0. The van der Waals surface area contributed by atoms with Crippen LogP contribution in [-0.4, -0.2) is 31.1 Å². The van der Waals surface area contributed by atoms with Crippen molar-refractivity contribution < 1.29 is 13.9 Å². The summed E-state index contributed by atoms with van der Waals surface area (Å²) < 4.78 is 12.1. The molecule has 0 bridgehead atoms. The molecule has 2 N–H and O–H groups in total. The lowest BCUT2D eigenvalue weighted by atomic mass is 10.1. The molecule has 0 saturated carbocycles. The Morgan fingerprint density at radius 2 is 1.96 bits per heavy atom. The van der Waals surface area contributed by atoms with E-state index in [0.29, 0.717) is 31.0 Å². The highest BCUT2D eigenvalue weighted by Gasteiger charge is 2.19. The molecule has 2 aromatic carbocycles. The smallest absolute Gasteiger partial charge is 0.287 e. The number of aromatic nitrogens is 1. The molecule has 4 rings (SSSR count). The van der Waals surface area contributed by atoms with Crippen molar-refractivity contribution in [3.05, 3.63) is 59.9 Å². The maximum absolute atomic E-state index is 12.6. The van der Waals surface area contributed by atoms with Crippen LogP contribution < -0.4 is 10.6 Å². The maximum Gasteiger partial charge on any atom is 0.287 e. The minimum Gasteiger partial charge on any atom is -0.451 e. The third-order valence-corrected chi connectivity index (χ3v) is 5.17. The number of fused-ring (bicyclic) bond motifs is 2. The van der Waals surface area contributed by atoms with E-state index in [-0.39, 0.29) is 5.91 Å². The Bertz CT molecular complexity index is 1050. The number of benzene rings is 2. The lowest BCUT2D eigenvalue weighted by Gasteiger charge is -2.06. The fourth-order valence-corrected chi connectivity index (χ4v) is 3.83. The molecule has 0 saturated heterocycles. The van der Waals surface area contributed by atoms with Crippen LogP contribution in [0.5, 0.6) is 0 Å². The van der Waals surface area contributed by atoms with Crippen LogP contribution in [0.3, 0.4) is 0 Å². The molecule has 0 radical (unpaired) electrons. The van der Waals surface area contributed by atoms with Crippen molar-refractivity contribution in [2.45, 2.75) is 6.61 Å². The topological polar surface area (TPSA) is 76.4 Å². The predicted molar refractivity (Wildman–Crippen MR) is 107 cm³/mol. The van der Waals surface area contributed by atoms with Gasteiger partial charge in [-0.1, -0.05) is 41.7 Å². The van der Waals surface area contributed by atoms with E-state index in [4.69, 9.17) is 9.15 Å². The molecule has 7 heteroatoms. The summed E-state index contributed by atoms with van der Waals surface area (Å²) in [5.41, 5.74) is 2.42. The van der Waals surface area contributed by atoms with Gasteiger partial charge in [0.2, 0.25) is 0 Å². The largest absolute Gasteiger partial charge is 0.451 e. The first-order chi connectivity index (χ1) is 13.3. The molecule has 1 amide bonds. The second-order valence-electron chi connectivity index (χ2n) is 6.01. The zero-order valence-corrected chi connectivity index (χ0v) is 15.6. The molecular weight excluding hydrogens is 362 g/mol. The number of nitrogens with zero attached hydrogens (tertiary/aromatic N) is 1. The maximum atomic E-state index is 12.6. The van der Waals surface area contributed by atoms with Crippen LogP contribution in [0.15, 0.2) is 52.9 Å². The zero-order valence-electron chi connectivity index (χ0n) is 14.8. The second-order valence-corrected chi connectivity index (χ2v) is 7.04. The lowest BCUT2D eigenvalue weighted by Crippen LogP contribution is -2.29. The summed E-state index contributed by atoms with van der Waals surface area (Å²) >= 11 is 1.59. The van der Waals surface area contributed by atoms with E-state index in [0.717, 1.165) is 26.3 Å². The number of ether oxygens (including phenoxy) is 1. The zero-order chi connectivity index (χ0) is 18.6. The van der Waals surface area contributed by atoms with Gasteiger partial charge < -0.3 is 19.8 Å². The van der Waals surface area contributed by atoms with Gasteiger partial charge >= 0.3 is 0 Å². The summed E-state index contributed by atoms with van der Waals surface area (Å²) in [5, 5.41) is 7.88. The highest BCUT2D eigenvalue weighted by molar-refractivity contribution is 7.22. The van der Waals surface area contributed by atoms with Crippen LogP contribution in [-0.2, 0) is 11.3 Å². The molecule has 27 heavy (non-hydrogen) atoms. The molecule has 6 nitrogen and oxygen atoms in total. The molecule has 4 aromatic rings. The Balaban J connectivity index is 1.39. The van der Waals surface area contributed by atoms with Gasteiger partial charge in [0, 0.05) is 31.1 Å². The van der Waals surface area contributed by atoms with E-state index in [9.17, 15) is 4.79 Å². The van der Waals surface area contributed by atoms with Crippen molar-refractivity contribution >= 4 is 43.6 Å². The van der Waals surface area contributed by atoms with Gasteiger partial charge in [-0.25, -0.2) is 4.98 Å². The summed E-state index contributed by atoms with van der Waals surface area (Å²) in [7, 11) is 1.60. The van der Waals surface area contributed by atoms with Gasteiger partial charge in [0.25, 0.3) is 5.91 Å². The van der Waals surface area contributed by atoms with Crippen molar-refractivity contribution in [1.29, 1.82) is 0 Å². The second kappa shape index (κ2) is 7.77. The number of amides is 1. The number of para-hydroxylation sites is 2. The van der Waals surface area contributed by atoms with E-state index in [1.807, 2.05) is 48.5 Å². The normalized spacial score (nSPS) is 11.1. The highest BCUT2D eigenvalue weighted by atomic mass is 32.1. The quantitative estimate of drug-likeness (QED) is 0.473.